The summed E-state index contributed by atoms with van der Waals surface area (Å²) in [6.45, 7) is 5.14. The molecule has 1 atom stereocenters. The van der Waals surface area contributed by atoms with Gasteiger partial charge in [-0.15, -0.1) is 0 Å². The van der Waals surface area contributed by atoms with Crippen molar-refractivity contribution in [2.45, 2.75) is 18.7 Å². The van der Waals surface area contributed by atoms with Crippen LogP contribution in [0.3, 0.4) is 0 Å². The second-order valence-corrected chi connectivity index (χ2v) is 5.72. The van der Waals surface area contributed by atoms with Crippen LogP contribution in [0.5, 0.6) is 11.5 Å². The summed E-state index contributed by atoms with van der Waals surface area (Å²) in [4.78, 5) is 0.0329. The molecular formula is C15H16Br2O3. The Morgan fingerprint density at radius 3 is 2.40 bits per heavy atom. The normalized spacial score (nSPS) is 12.2. The van der Waals surface area contributed by atoms with Crippen molar-refractivity contribution in [1.29, 1.82) is 0 Å². The second-order valence-electron chi connectivity index (χ2n) is 4.08. The van der Waals surface area contributed by atoms with Gasteiger partial charge in [0.25, 0.3) is 0 Å². The van der Waals surface area contributed by atoms with E-state index in [4.69, 9.17) is 13.9 Å². The highest BCUT2D eigenvalue weighted by Gasteiger charge is 2.18. The molecule has 0 saturated carbocycles. The maximum Gasteiger partial charge on any atom is 0.173 e. The van der Waals surface area contributed by atoms with Crippen LogP contribution in [-0.2, 0) is 0 Å². The fraction of sp³-hybridized carbons (Fsp3) is 0.333. The number of benzene rings is 1. The van der Waals surface area contributed by atoms with Gasteiger partial charge in [0.15, 0.2) is 16.2 Å². The Kier molecular flexibility index (Phi) is 5.54. The smallest absolute Gasteiger partial charge is 0.173 e. The number of hydrogen-bond donors (Lipinski definition) is 0. The Hall–Kier alpha value is -0.940. The van der Waals surface area contributed by atoms with Crippen LogP contribution in [0.25, 0.3) is 0 Å². The molecule has 20 heavy (non-hydrogen) atoms. The molecule has 1 heterocycles. The Bertz CT molecular complexity index is 566. The minimum absolute atomic E-state index is 0.0329. The van der Waals surface area contributed by atoms with Gasteiger partial charge >= 0.3 is 0 Å². The third kappa shape index (κ3) is 3.38. The number of hydrogen-bond acceptors (Lipinski definition) is 3. The van der Waals surface area contributed by atoms with Crippen LogP contribution in [0.2, 0.25) is 0 Å². The summed E-state index contributed by atoms with van der Waals surface area (Å²) in [5, 5.41) is 0. The third-order valence-electron chi connectivity index (χ3n) is 2.78. The standard InChI is InChI=1S/C15H16Br2O3/c1-3-18-12-6-5-10(9-13(12)19-4-2)14(16)11-7-8-20-15(11)17/h5-9,14H,3-4H2,1-2H3. The summed E-state index contributed by atoms with van der Waals surface area (Å²) in [5.41, 5.74) is 2.12. The maximum absolute atomic E-state index is 5.65. The number of halogens is 2. The van der Waals surface area contributed by atoms with E-state index in [1.807, 2.05) is 38.1 Å². The van der Waals surface area contributed by atoms with Gasteiger partial charge in [-0.3, -0.25) is 0 Å². The van der Waals surface area contributed by atoms with Crippen molar-refractivity contribution in [3.05, 3.63) is 46.3 Å². The summed E-state index contributed by atoms with van der Waals surface area (Å²) < 4.78 is 17.2. The molecule has 3 nitrogen and oxygen atoms in total. The summed E-state index contributed by atoms with van der Waals surface area (Å²) in [7, 11) is 0. The Balaban J connectivity index is 2.32. The summed E-state index contributed by atoms with van der Waals surface area (Å²) in [5.74, 6) is 1.53. The monoisotopic (exact) mass is 402 g/mol. The predicted octanol–water partition coefficient (Wildman–Crippen LogP) is 5.32. The van der Waals surface area contributed by atoms with E-state index in [1.54, 1.807) is 6.26 Å². The summed E-state index contributed by atoms with van der Waals surface area (Å²) >= 11 is 7.09. The summed E-state index contributed by atoms with van der Waals surface area (Å²) in [6.07, 6.45) is 1.66. The number of alkyl halides is 1. The van der Waals surface area contributed by atoms with Gasteiger partial charge in [0.1, 0.15) is 0 Å². The van der Waals surface area contributed by atoms with Gasteiger partial charge in [0.2, 0.25) is 0 Å². The van der Waals surface area contributed by atoms with Gasteiger partial charge in [-0.25, -0.2) is 0 Å². The van der Waals surface area contributed by atoms with Crippen LogP contribution in [0.15, 0.2) is 39.6 Å². The van der Waals surface area contributed by atoms with Gasteiger partial charge in [-0.1, -0.05) is 22.0 Å². The van der Waals surface area contributed by atoms with E-state index in [1.165, 1.54) is 0 Å². The number of rotatable bonds is 6. The highest BCUT2D eigenvalue weighted by atomic mass is 79.9. The first-order valence-corrected chi connectivity index (χ1v) is 8.14. The van der Waals surface area contributed by atoms with E-state index in [2.05, 4.69) is 31.9 Å². The molecule has 0 amide bonds. The molecule has 108 valence electrons. The van der Waals surface area contributed by atoms with Crippen LogP contribution in [-0.4, -0.2) is 13.2 Å². The summed E-state index contributed by atoms with van der Waals surface area (Å²) in [6, 6.07) is 7.88. The van der Waals surface area contributed by atoms with Crippen molar-refractivity contribution < 1.29 is 13.9 Å². The van der Waals surface area contributed by atoms with Crippen LogP contribution in [0.4, 0.5) is 0 Å². The zero-order valence-electron chi connectivity index (χ0n) is 11.4. The topological polar surface area (TPSA) is 31.6 Å². The van der Waals surface area contributed by atoms with Gasteiger partial charge in [-0.2, -0.15) is 0 Å². The molecule has 1 unspecified atom stereocenters. The van der Waals surface area contributed by atoms with Crippen molar-refractivity contribution in [2.75, 3.05) is 13.2 Å². The van der Waals surface area contributed by atoms with Crippen LogP contribution >= 0.6 is 31.9 Å². The molecule has 2 aromatic rings. The first-order chi connectivity index (χ1) is 9.67. The van der Waals surface area contributed by atoms with Crippen molar-refractivity contribution in [3.63, 3.8) is 0 Å². The zero-order chi connectivity index (χ0) is 14.5. The van der Waals surface area contributed by atoms with E-state index in [9.17, 15) is 0 Å². The van der Waals surface area contributed by atoms with Crippen LogP contribution in [0, 0.1) is 0 Å². The highest BCUT2D eigenvalue weighted by Crippen LogP contribution is 2.39. The molecule has 0 bridgehead atoms. The van der Waals surface area contributed by atoms with E-state index in [0.29, 0.717) is 13.2 Å². The average molecular weight is 404 g/mol. The van der Waals surface area contributed by atoms with Crippen molar-refractivity contribution in [1.82, 2.24) is 0 Å². The van der Waals surface area contributed by atoms with E-state index in [-0.39, 0.29) is 4.83 Å². The van der Waals surface area contributed by atoms with Gasteiger partial charge < -0.3 is 13.9 Å². The average Bonchev–Trinajstić information content (AvgIpc) is 2.86. The lowest BCUT2D eigenvalue weighted by Crippen LogP contribution is -2.00. The largest absolute Gasteiger partial charge is 0.490 e. The minimum Gasteiger partial charge on any atom is -0.490 e. The van der Waals surface area contributed by atoms with Crippen LogP contribution in [0.1, 0.15) is 29.8 Å². The third-order valence-corrected chi connectivity index (χ3v) is 4.45. The first kappa shape index (κ1) is 15.4. The molecule has 0 spiro atoms. The van der Waals surface area contributed by atoms with Gasteiger partial charge in [0.05, 0.1) is 24.3 Å². The maximum atomic E-state index is 5.65. The molecule has 1 aromatic heterocycles. The van der Waals surface area contributed by atoms with Crippen molar-refractivity contribution >= 4 is 31.9 Å². The molecule has 0 radical (unpaired) electrons. The molecule has 0 aliphatic rings. The van der Waals surface area contributed by atoms with E-state index >= 15 is 0 Å². The zero-order valence-corrected chi connectivity index (χ0v) is 14.5. The molecule has 0 aliphatic carbocycles. The lowest BCUT2D eigenvalue weighted by atomic mass is 10.1. The highest BCUT2D eigenvalue weighted by molar-refractivity contribution is 9.10. The Labute approximate surface area is 135 Å². The Morgan fingerprint density at radius 2 is 1.80 bits per heavy atom. The molecule has 5 heteroatoms. The molecule has 0 aliphatic heterocycles. The lowest BCUT2D eigenvalue weighted by molar-refractivity contribution is 0.287. The second kappa shape index (κ2) is 7.18. The molecule has 0 N–H and O–H groups in total. The molecule has 1 aromatic carbocycles. The first-order valence-electron chi connectivity index (χ1n) is 6.43. The molecule has 0 saturated heterocycles. The molecule has 2 rings (SSSR count). The van der Waals surface area contributed by atoms with Gasteiger partial charge in [0, 0.05) is 5.56 Å². The minimum atomic E-state index is 0.0329. The predicted molar refractivity (Wildman–Crippen MR) is 86.0 cm³/mol. The lowest BCUT2D eigenvalue weighted by Gasteiger charge is -2.15. The quantitative estimate of drug-likeness (QED) is 0.611. The molecule has 0 fully saturated rings. The number of ether oxygens (including phenoxy) is 2. The molecular weight excluding hydrogens is 388 g/mol. The number of furan rings is 1. The van der Waals surface area contributed by atoms with Crippen molar-refractivity contribution in [3.8, 4) is 11.5 Å². The Morgan fingerprint density at radius 1 is 1.10 bits per heavy atom. The fourth-order valence-corrected chi connectivity index (χ4v) is 3.31. The fourth-order valence-electron chi connectivity index (χ4n) is 1.89. The van der Waals surface area contributed by atoms with Crippen molar-refractivity contribution in [2.24, 2.45) is 0 Å². The van der Waals surface area contributed by atoms with Crippen LogP contribution < -0.4 is 9.47 Å². The van der Waals surface area contributed by atoms with E-state index < -0.39 is 0 Å². The SMILES string of the molecule is CCOc1ccc(C(Br)c2ccoc2Br)cc1OCC. The van der Waals surface area contributed by atoms with E-state index in [0.717, 1.165) is 27.3 Å². The van der Waals surface area contributed by atoms with Gasteiger partial charge in [-0.05, 0) is 53.5 Å².